The molecule has 0 saturated carbocycles. The van der Waals surface area contributed by atoms with Crippen LogP contribution in [0.25, 0.3) is 0 Å². The molecule has 0 unspecified atom stereocenters. The third-order valence-electron chi connectivity index (χ3n) is 4.50. The fourth-order valence-electron chi connectivity index (χ4n) is 3.37. The smallest absolute Gasteiger partial charge is 0.213 e. The quantitative estimate of drug-likeness (QED) is 0.719. The number of rotatable bonds is 2. The maximum absolute atomic E-state index is 6.26. The number of aromatic nitrogens is 1. The van der Waals surface area contributed by atoms with E-state index in [1.807, 2.05) is 47.5 Å². The Bertz CT molecular complexity index is 890. The standard InChI is InChI=1S/C19H15N3O2/c1-2-5-17-14(4-1)16-12-15(18-6-3-11-23-18)21-22(16)19(24-17)13-7-9-20-10-8-13/h1-11,16,19H,12H2/t16-,19+/m0/s1. The van der Waals surface area contributed by atoms with Crippen LogP contribution in [0.5, 0.6) is 5.75 Å². The number of para-hydroxylation sites is 1. The average Bonchev–Trinajstić information content (AvgIpc) is 3.31. The van der Waals surface area contributed by atoms with E-state index in [2.05, 4.69) is 11.1 Å². The van der Waals surface area contributed by atoms with Gasteiger partial charge in [-0.2, -0.15) is 5.10 Å². The van der Waals surface area contributed by atoms with Crippen LogP contribution in [0, 0.1) is 0 Å². The zero-order chi connectivity index (χ0) is 15.9. The Morgan fingerprint density at radius 1 is 1.00 bits per heavy atom. The minimum atomic E-state index is -0.264. The summed E-state index contributed by atoms with van der Waals surface area (Å²) < 4.78 is 11.8. The van der Waals surface area contributed by atoms with E-state index >= 15 is 0 Å². The zero-order valence-electron chi connectivity index (χ0n) is 12.9. The Hall–Kier alpha value is -3.08. The second-order valence-corrected chi connectivity index (χ2v) is 5.91. The molecule has 5 heteroatoms. The van der Waals surface area contributed by atoms with Gasteiger partial charge in [-0.1, -0.05) is 18.2 Å². The number of ether oxygens (including phenoxy) is 1. The van der Waals surface area contributed by atoms with Crippen molar-refractivity contribution in [3.05, 3.63) is 84.1 Å². The molecule has 24 heavy (non-hydrogen) atoms. The summed E-state index contributed by atoms with van der Waals surface area (Å²) in [6.07, 6.45) is 5.78. The highest BCUT2D eigenvalue weighted by Crippen LogP contribution is 2.47. The predicted octanol–water partition coefficient (Wildman–Crippen LogP) is 3.92. The second-order valence-electron chi connectivity index (χ2n) is 5.91. The lowest BCUT2D eigenvalue weighted by molar-refractivity contribution is -0.0190. The number of pyridine rings is 1. The van der Waals surface area contributed by atoms with Gasteiger partial charge in [0.1, 0.15) is 17.2 Å². The molecule has 2 atom stereocenters. The molecule has 4 heterocycles. The topological polar surface area (TPSA) is 50.9 Å². The summed E-state index contributed by atoms with van der Waals surface area (Å²) in [5.41, 5.74) is 3.14. The van der Waals surface area contributed by atoms with E-state index in [1.54, 1.807) is 18.7 Å². The summed E-state index contributed by atoms with van der Waals surface area (Å²) in [4.78, 5) is 4.10. The number of furan rings is 1. The number of hydrogen-bond donors (Lipinski definition) is 0. The molecular formula is C19H15N3O2. The first-order valence-corrected chi connectivity index (χ1v) is 7.95. The van der Waals surface area contributed by atoms with Crippen molar-refractivity contribution in [2.45, 2.75) is 18.7 Å². The van der Waals surface area contributed by atoms with E-state index in [1.165, 1.54) is 0 Å². The van der Waals surface area contributed by atoms with Gasteiger partial charge in [-0.25, -0.2) is 5.01 Å². The van der Waals surface area contributed by atoms with Crippen LogP contribution in [0.15, 0.2) is 76.7 Å². The van der Waals surface area contributed by atoms with Gasteiger partial charge in [-0.3, -0.25) is 4.98 Å². The van der Waals surface area contributed by atoms with Crippen LogP contribution in [-0.2, 0) is 0 Å². The van der Waals surface area contributed by atoms with Crippen molar-refractivity contribution in [3.63, 3.8) is 0 Å². The summed E-state index contributed by atoms with van der Waals surface area (Å²) in [5.74, 6) is 1.73. The lowest BCUT2D eigenvalue weighted by Crippen LogP contribution is -2.33. The molecule has 2 aliphatic heterocycles. The molecule has 0 N–H and O–H groups in total. The molecule has 118 valence electrons. The van der Waals surface area contributed by atoms with Crippen LogP contribution in [-0.4, -0.2) is 15.7 Å². The van der Waals surface area contributed by atoms with Crippen molar-refractivity contribution in [1.29, 1.82) is 0 Å². The first kappa shape index (κ1) is 13.4. The molecule has 1 aromatic carbocycles. The van der Waals surface area contributed by atoms with Crippen LogP contribution in [0.1, 0.15) is 35.6 Å². The third kappa shape index (κ3) is 2.01. The van der Waals surface area contributed by atoms with E-state index in [-0.39, 0.29) is 12.3 Å². The Balaban J connectivity index is 1.62. The Kier molecular flexibility index (Phi) is 2.91. The van der Waals surface area contributed by atoms with Crippen molar-refractivity contribution in [2.75, 3.05) is 0 Å². The first-order valence-electron chi connectivity index (χ1n) is 7.95. The van der Waals surface area contributed by atoms with Crippen LogP contribution in [0.2, 0.25) is 0 Å². The fraction of sp³-hybridized carbons (Fsp3) is 0.158. The predicted molar refractivity (Wildman–Crippen MR) is 88.5 cm³/mol. The monoisotopic (exact) mass is 317 g/mol. The average molecular weight is 317 g/mol. The van der Waals surface area contributed by atoms with Gasteiger partial charge in [0.2, 0.25) is 6.23 Å². The Morgan fingerprint density at radius 3 is 2.71 bits per heavy atom. The van der Waals surface area contributed by atoms with Gasteiger partial charge in [0.15, 0.2) is 0 Å². The fourth-order valence-corrected chi connectivity index (χ4v) is 3.37. The highest BCUT2D eigenvalue weighted by molar-refractivity contribution is 5.99. The summed E-state index contributed by atoms with van der Waals surface area (Å²) in [6.45, 7) is 0. The lowest BCUT2D eigenvalue weighted by Gasteiger charge is -2.38. The number of fused-ring (bicyclic) bond motifs is 3. The highest BCUT2D eigenvalue weighted by atomic mass is 16.5. The minimum Gasteiger partial charge on any atom is -0.464 e. The maximum Gasteiger partial charge on any atom is 0.213 e. The normalized spacial score (nSPS) is 21.7. The molecule has 0 saturated heterocycles. The molecule has 5 rings (SSSR count). The Morgan fingerprint density at radius 2 is 1.88 bits per heavy atom. The summed E-state index contributed by atoms with van der Waals surface area (Å²) in [6, 6.07) is 16.1. The Labute approximate surface area is 139 Å². The van der Waals surface area contributed by atoms with Crippen molar-refractivity contribution in [3.8, 4) is 5.75 Å². The van der Waals surface area contributed by atoms with Gasteiger partial charge in [0, 0.05) is 29.9 Å². The van der Waals surface area contributed by atoms with Gasteiger partial charge in [0.05, 0.1) is 12.3 Å². The minimum absolute atomic E-state index is 0.146. The first-order chi connectivity index (χ1) is 11.9. The number of benzene rings is 1. The van der Waals surface area contributed by atoms with Crippen molar-refractivity contribution >= 4 is 5.71 Å². The van der Waals surface area contributed by atoms with E-state index in [0.29, 0.717) is 0 Å². The van der Waals surface area contributed by atoms with Gasteiger partial charge in [0.25, 0.3) is 0 Å². The largest absolute Gasteiger partial charge is 0.464 e. The van der Waals surface area contributed by atoms with Crippen molar-refractivity contribution < 1.29 is 9.15 Å². The maximum atomic E-state index is 6.26. The van der Waals surface area contributed by atoms with Gasteiger partial charge in [-0.05, 0) is 30.3 Å². The molecule has 0 bridgehead atoms. The summed E-state index contributed by atoms with van der Waals surface area (Å²) in [7, 11) is 0. The SMILES string of the molecule is c1coc(C2=NN3[C@@H](c4ccncc4)Oc4ccccc4[C@@H]3C2)c1. The van der Waals surface area contributed by atoms with Crippen LogP contribution in [0.4, 0.5) is 0 Å². The molecule has 2 aromatic heterocycles. The summed E-state index contributed by atoms with van der Waals surface area (Å²) >= 11 is 0. The van der Waals surface area contributed by atoms with Crippen LogP contribution < -0.4 is 4.74 Å². The molecular weight excluding hydrogens is 302 g/mol. The molecule has 3 aromatic rings. The molecule has 2 aliphatic rings. The highest BCUT2D eigenvalue weighted by Gasteiger charge is 2.41. The van der Waals surface area contributed by atoms with E-state index in [9.17, 15) is 0 Å². The summed E-state index contributed by atoms with van der Waals surface area (Å²) in [5, 5.41) is 6.86. The number of hydrazone groups is 1. The van der Waals surface area contributed by atoms with Gasteiger partial charge < -0.3 is 9.15 Å². The van der Waals surface area contributed by atoms with Crippen LogP contribution >= 0.6 is 0 Å². The van der Waals surface area contributed by atoms with E-state index in [0.717, 1.165) is 34.8 Å². The molecule has 0 amide bonds. The van der Waals surface area contributed by atoms with Crippen molar-refractivity contribution in [1.82, 2.24) is 9.99 Å². The van der Waals surface area contributed by atoms with Gasteiger partial charge in [-0.15, -0.1) is 0 Å². The number of nitrogens with zero attached hydrogens (tertiary/aromatic N) is 3. The molecule has 5 nitrogen and oxygen atoms in total. The lowest BCUT2D eigenvalue weighted by atomic mass is 9.98. The molecule has 0 aliphatic carbocycles. The zero-order valence-corrected chi connectivity index (χ0v) is 12.9. The number of hydrogen-bond acceptors (Lipinski definition) is 5. The molecule has 0 radical (unpaired) electrons. The second kappa shape index (κ2) is 5.23. The van der Waals surface area contributed by atoms with E-state index < -0.39 is 0 Å². The van der Waals surface area contributed by atoms with Crippen LogP contribution in [0.3, 0.4) is 0 Å². The van der Waals surface area contributed by atoms with Crippen molar-refractivity contribution in [2.24, 2.45) is 5.10 Å². The van der Waals surface area contributed by atoms with E-state index in [4.69, 9.17) is 14.3 Å². The molecule has 0 fully saturated rings. The van der Waals surface area contributed by atoms with Gasteiger partial charge >= 0.3 is 0 Å². The third-order valence-corrected chi connectivity index (χ3v) is 4.50. The molecule has 0 spiro atoms.